The highest BCUT2D eigenvalue weighted by molar-refractivity contribution is 5.94. The van der Waals surface area contributed by atoms with E-state index in [4.69, 9.17) is 9.47 Å². The second kappa shape index (κ2) is 15.8. The van der Waals surface area contributed by atoms with Crippen LogP contribution in [0.15, 0.2) is 119 Å². The number of carbonyl (C=O) groups is 4. The molecule has 216 valence electrons. The van der Waals surface area contributed by atoms with Gasteiger partial charge in [0.05, 0.1) is 23.6 Å². The summed E-state index contributed by atoms with van der Waals surface area (Å²) in [6.07, 6.45) is 3.12. The average Bonchev–Trinajstić information content (AvgIpc) is 3.03. The van der Waals surface area contributed by atoms with Crippen LogP contribution < -0.4 is 20.3 Å². The first-order valence-corrected chi connectivity index (χ1v) is 13.4. The van der Waals surface area contributed by atoms with Crippen molar-refractivity contribution < 1.29 is 28.7 Å². The lowest BCUT2D eigenvalue weighted by Gasteiger charge is -2.07. The first-order chi connectivity index (χ1) is 21.0. The lowest BCUT2D eigenvalue weighted by atomic mass is 10.2. The molecule has 0 unspecified atom stereocenters. The van der Waals surface area contributed by atoms with Gasteiger partial charge in [-0.15, -0.1) is 0 Å². The van der Waals surface area contributed by atoms with E-state index in [9.17, 15) is 19.2 Å². The number of ether oxygens (including phenoxy) is 2. The molecule has 4 aromatic rings. The molecule has 0 bridgehead atoms. The van der Waals surface area contributed by atoms with Crippen LogP contribution in [0.2, 0.25) is 0 Å². The quantitative estimate of drug-likeness (QED) is 0.107. The Kier molecular flexibility index (Phi) is 11.0. The molecule has 0 heterocycles. The minimum atomic E-state index is -0.510. The van der Waals surface area contributed by atoms with E-state index in [1.54, 1.807) is 109 Å². The molecular weight excluding hydrogens is 548 g/mol. The van der Waals surface area contributed by atoms with Gasteiger partial charge in [-0.25, -0.2) is 20.4 Å². The maximum absolute atomic E-state index is 12.4. The Morgan fingerprint density at radius 3 is 1.33 bits per heavy atom. The summed E-state index contributed by atoms with van der Waals surface area (Å²) < 4.78 is 10.9. The zero-order valence-corrected chi connectivity index (χ0v) is 23.0. The van der Waals surface area contributed by atoms with E-state index < -0.39 is 11.9 Å². The monoisotopic (exact) mass is 576 g/mol. The first kappa shape index (κ1) is 30.1. The molecule has 10 heteroatoms. The van der Waals surface area contributed by atoms with Crippen molar-refractivity contribution in [3.8, 4) is 11.5 Å². The van der Waals surface area contributed by atoms with Gasteiger partial charge in [0.25, 0.3) is 0 Å². The van der Waals surface area contributed by atoms with Crippen LogP contribution in [0, 0.1) is 0 Å². The molecule has 43 heavy (non-hydrogen) atoms. The Morgan fingerprint density at radius 1 is 0.535 bits per heavy atom. The summed E-state index contributed by atoms with van der Waals surface area (Å²) in [5.74, 6) is -1.21. The van der Waals surface area contributed by atoms with Crippen LogP contribution in [0.5, 0.6) is 11.5 Å². The fourth-order valence-corrected chi connectivity index (χ4v) is 3.70. The highest BCUT2D eigenvalue weighted by Gasteiger charge is 2.12. The van der Waals surface area contributed by atoms with Crippen molar-refractivity contribution >= 4 is 36.2 Å². The van der Waals surface area contributed by atoms with Gasteiger partial charge in [-0.1, -0.05) is 60.7 Å². The highest BCUT2D eigenvalue weighted by Crippen LogP contribution is 2.19. The van der Waals surface area contributed by atoms with Crippen LogP contribution in [-0.4, -0.2) is 36.2 Å². The smallest absolute Gasteiger partial charge is 0.343 e. The van der Waals surface area contributed by atoms with Crippen LogP contribution in [0.4, 0.5) is 0 Å². The van der Waals surface area contributed by atoms with Gasteiger partial charge in [-0.3, -0.25) is 9.59 Å². The molecule has 4 rings (SSSR count). The number of carbonyl (C=O) groups excluding carboxylic acids is 4. The van der Waals surface area contributed by atoms with Crippen molar-refractivity contribution in [1.82, 2.24) is 10.9 Å². The largest absolute Gasteiger partial charge is 0.422 e. The number of nitrogens with one attached hydrogen (secondary N) is 2. The van der Waals surface area contributed by atoms with Crippen LogP contribution >= 0.6 is 0 Å². The Morgan fingerprint density at radius 2 is 0.907 bits per heavy atom. The number of hydrogen-bond donors (Lipinski definition) is 2. The minimum absolute atomic E-state index is 0.0530. The van der Waals surface area contributed by atoms with Gasteiger partial charge in [0.2, 0.25) is 11.8 Å². The van der Waals surface area contributed by atoms with E-state index in [0.717, 1.165) is 0 Å². The lowest BCUT2D eigenvalue weighted by Crippen LogP contribution is -2.20. The second-order valence-corrected chi connectivity index (χ2v) is 9.03. The molecule has 0 spiro atoms. The molecule has 0 aromatic heterocycles. The fraction of sp³-hybridized carbons (Fsp3) is 0.0909. The van der Waals surface area contributed by atoms with Crippen molar-refractivity contribution in [3.63, 3.8) is 0 Å². The number of nitrogens with zero attached hydrogens (tertiary/aromatic N) is 2. The summed E-state index contributed by atoms with van der Waals surface area (Å²) >= 11 is 0. The molecule has 0 fully saturated rings. The summed E-state index contributed by atoms with van der Waals surface area (Å²) in [6, 6.07) is 30.7. The zero-order chi connectivity index (χ0) is 30.3. The number of hydrogen-bond acceptors (Lipinski definition) is 8. The number of esters is 2. The third-order valence-electron chi connectivity index (χ3n) is 5.86. The molecule has 0 saturated carbocycles. The van der Waals surface area contributed by atoms with Gasteiger partial charge < -0.3 is 9.47 Å². The van der Waals surface area contributed by atoms with Gasteiger partial charge in [0.15, 0.2) is 0 Å². The molecule has 2 N–H and O–H groups in total. The summed E-state index contributed by atoms with van der Waals surface area (Å²) in [4.78, 5) is 49.1. The fourth-order valence-electron chi connectivity index (χ4n) is 3.70. The van der Waals surface area contributed by atoms with Gasteiger partial charge in [0.1, 0.15) is 11.5 Å². The van der Waals surface area contributed by atoms with Crippen LogP contribution in [-0.2, 0) is 9.59 Å². The van der Waals surface area contributed by atoms with Crippen molar-refractivity contribution in [1.29, 1.82) is 0 Å². The average molecular weight is 577 g/mol. The normalized spacial score (nSPS) is 10.8. The van der Waals surface area contributed by atoms with Crippen LogP contribution in [0.3, 0.4) is 0 Å². The Hall–Kier alpha value is -5.90. The Bertz CT molecular complexity index is 1500. The second-order valence-electron chi connectivity index (χ2n) is 9.03. The van der Waals surface area contributed by atoms with E-state index in [1.807, 2.05) is 0 Å². The number of benzene rings is 4. The molecule has 0 saturated heterocycles. The van der Waals surface area contributed by atoms with Crippen LogP contribution in [0.25, 0.3) is 0 Å². The summed E-state index contributed by atoms with van der Waals surface area (Å²) in [5.41, 5.74) is 6.62. The van der Waals surface area contributed by atoms with E-state index in [0.29, 0.717) is 33.8 Å². The van der Waals surface area contributed by atoms with E-state index in [2.05, 4.69) is 21.1 Å². The van der Waals surface area contributed by atoms with Crippen molar-refractivity contribution in [2.24, 2.45) is 10.2 Å². The molecule has 2 amide bonds. The predicted octanol–water partition coefficient (Wildman–Crippen LogP) is 4.90. The molecule has 0 aliphatic carbocycles. The van der Waals surface area contributed by atoms with Crippen molar-refractivity contribution in [2.45, 2.75) is 19.3 Å². The molecule has 0 aliphatic rings. The Labute approximate surface area is 248 Å². The minimum Gasteiger partial charge on any atom is -0.422 e. The maximum Gasteiger partial charge on any atom is 0.343 e. The van der Waals surface area contributed by atoms with Gasteiger partial charge in [-0.05, 0) is 55.0 Å². The van der Waals surface area contributed by atoms with E-state index in [1.165, 1.54) is 12.4 Å². The first-order valence-electron chi connectivity index (χ1n) is 13.4. The summed E-state index contributed by atoms with van der Waals surface area (Å²) in [6.45, 7) is 0. The predicted molar refractivity (Wildman–Crippen MR) is 161 cm³/mol. The molecule has 0 radical (unpaired) electrons. The number of hydrazone groups is 2. The maximum atomic E-state index is 12.4. The molecule has 0 aliphatic heterocycles. The van der Waals surface area contributed by atoms with Gasteiger partial charge in [0, 0.05) is 24.0 Å². The van der Waals surface area contributed by atoms with E-state index >= 15 is 0 Å². The number of para-hydroxylation sites is 2. The topological polar surface area (TPSA) is 136 Å². The standard InChI is InChI=1S/C33H28N4O6/c38-30(36-34-22-26-16-7-9-18-28(26)42-32(40)24-12-3-1-4-13-24)20-11-21-31(39)37-35-23-27-17-8-10-19-29(27)43-33(41)25-14-5-2-6-15-25/h1-10,12-19,22-23H,11,20-21H2,(H,36,38)(H,37,39)/b34-22+,35-23+. The summed E-state index contributed by atoms with van der Waals surface area (Å²) in [7, 11) is 0. The molecular formula is C33H28N4O6. The van der Waals surface area contributed by atoms with Crippen molar-refractivity contribution in [3.05, 3.63) is 131 Å². The molecule has 10 nitrogen and oxygen atoms in total. The Balaban J connectivity index is 1.19. The molecule has 4 aromatic carbocycles. The highest BCUT2D eigenvalue weighted by atomic mass is 16.5. The zero-order valence-electron chi connectivity index (χ0n) is 23.0. The third-order valence-corrected chi connectivity index (χ3v) is 5.86. The summed E-state index contributed by atoms with van der Waals surface area (Å²) in [5, 5.41) is 7.87. The number of rotatable bonds is 12. The third kappa shape index (κ3) is 9.61. The van der Waals surface area contributed by atoms with E-state index in [-0.39, 0.29) is 31.1 Å². The van der Waals surface area contributed by atoms with Gasteiger partial charge >= 0.3 is 11.9 Å². The SMILES string of the molecule is O=C(CCCC(=O)N/N=C/c1ccccc1OC(=O)c1ccccc1)N/N=C/c1ccccc1OC(=O)c1ccccc1. The lowest BCUT2D eigenvalue weighted by molar-refractivity contribution is -0.122. The number of amides is 2. The molecule has 0 atom stereocenters. The van der Waals surface area contributed by atoms with Crippen molar-refractivity contribution in [2.75, 3.05) is 0 Å². The van der Waals surface area contributed by atoms with Crippen LogP contribution in [0.1, 0.15) is 51.1 Å². The van der Waals surface area contributed by atoms with Gasteiger partial charge in [-0.2, -0.15) is 10.2 Å².